The zero-order valence-corrected chi connectivity index (χ0v) is 18.1. The van der Waals surface area contributed by atoms with Crippen LogP contribution in [-0.2, 0) is 16.1 Å². The van der Waals surface area contributed by atoms with Crippen LogP contribution in [-0.4, -0.2) is 49.3 Å². The van der Waals surface area contributed by atoms with Crippen molar-refractivity contribution in [1.82, 2.24) is 29.4 Å². The molecule has 0 unspecified atom stereocenters. The summed E-state index contributed by atoms with van der Waals surface area (Å²) in [4.78, 5) is 26.0. The van der Waals surface area contributed by atoms with Crippen LogP contribution in [0.25, 0.3) is 22.4 Å². The van der Waals surface area contributed by atoms with Crippen molar-refractivity contribution in [3.05, 3.63) is 70.7 Å². The van der Waals surface area contributed by atoms with Crippen LogP contribution in [0.1, 0.15) is 18.5 Å². The van der Waals surface area contributed by atoms with E-state index in [1.54, 1.807) is 36.0 Å². The number of nitrogens with zero attached hydrogens (tertiary/aromatic N) is 5. The van der Waals surface area contributed by atoms with Gasteiger partial charge in [-0.2, -0.15) is 10.2 Å². The molecule has 0 radical (unpaired) electrons. The zero-order valence-electron chi connectivity index (χ0n) is 18.1. The zero-order chi connectivity index (χ0) is 22.9. The monoisotopic (exact) mass is 450 g/mol. The highest BCUT2D eigenvalue weighted by Crippen LogP contribution is 2.24. The predicted octanol–water partition coefficient (Wildman–Crippen LogP) is 2.12. The second kappa shape index (κ2) is 8.62. The van der Waals surface area contributed by atoms with Crippen molar-refractivity contribution in [2.45, 2.75) is 32.4 Å². The number of hydrogen-bond acceptors (Lipinski definition) is 5. The molecule has 0 bridgehead atoms. The molecule has 170 valence electrons. The summed E-state index contributed by atoms with van der Waals surface area (Å²) in [6.07, 6.45) is 5.45. The first kappa shape index (κ1) is 21.1. The molecule has 9 nitrogen and oxygen atoms in total. The molecule has 1 saturated heterocycles. The normalized spacial score (nSPS) is 15.9. The van der Waals surface area contributed by atoms with E-state index in [0.29, 0.717) is 41.3 Å². The molecule has 3 aromatic heterocycles. The largest absolute Gasteiger partial charge is 0.376 e. The second-order valence-corrected chi connectivity index (χ2v) is 8.02. The summed E-state index contributed by atoms with van der Waals surface area (Å²) in [6.45, 7) is 2.61. The minimum Gasteiger partial charge on any atom is -0.376 e. The molecule has 10 heteroatoms. The molecule has 1 aliphatic rings. The Morgan fingerprint density at radius 2 is 2.06 bits per heavy atom. The molecule has 1 atom stereocenters. The third kappa shape index (κ3) is 4.05. The molecular formula is C23H23FN6O3. The number of fused-ring (bicyclic) bond motifs is 1. The van der Waals surface area contributed by atoms with Crippen LogP contribution in [0.15, 0.2) is 53.6 Å². The fraction of sp³-hybridized carbons (Fsp3) is 0.304. The molecule has 0 aliphatic carbocycles. The Labute approximate surface area is 188 Å². The summed E-state index contributed by atoms with van der Waals surface area (Å²) in [7, 11) is 0. The lowest BCUT2D eigenvalue weighted by atomic mass is 10.2. The van der Waals surface area contributed by atoms with E-state index in [-0.39, 0.29) is 18.6 Å². The number of carbonyl (C=O) groups is 1. The molecule has 1 amide bonds. The first-order chi connectivity index (χ1) is 16.0. The number of aromatic nitrogens is 5. The number of carbonyl (C=O) groups excluding carboxylic acids is 1. The summed E-state index contributed by atoms with van der Waals surface area (Å²) >= 11 is 0. The topological polar surface area (TPSA) is 96.0 Å². The lowest BCUT2D eigenvalue weighted by Gasteiger charge is -2.12. The van der Waals surface area contributed by atoms with Crippen LogP contribution in [0, 0.1) is 12.7 Å². The van der Waals surface area contributed by atoms with Gasteiger partial charge in [0.15, 0.2) is 5.82 Å². The SMILES string of the molecule is Cc1nn(CC(=O)NC[C@H]2CCCO2)c(=O)c2c(-n3cccc3)n(-c3cccc(F)c3)nc12. The van der Waals surface area contributed by atoms with Crippen LogP contribution < -0.4 is 10.9 Å². The summed E-state index contributed by atoms with van der Waals surface area (Å²) in [6, 6.07) is 9.62. The average molecular weight is 450 g/mol. The Hall–Kier alpha value is -3.79. The lowest BCUT2D eigenvalue weighted by molar-refractivity contribution is -0.122. The highest BCUT2D eigenvalue weighted by molar-refractivity contribution is 5.88. The first-order valence-electron chi connectivity index (χ1n) is 10.8. The lowest BCUT2D eigenvalue weighted by Crippen LogP contribution is -2.37. The molecular weight excluding hydrogens is 427 g/mol. The van der Waals surface area contributed by atoms with Gasteiger partial charge in [0.25, 0.3) is 5.56 Å². The summed E-state index contributed by atoms with van der Waals surface area (Å²) in [5.41, 5.74) is 0.896. The standard InChI is InChI=1S/C23H23FN6O3/c1-15-21-20(23(32)29(26-15)14-19(31)25-13-18-8-5-11-33-18)22(28-9-2-3-10-28)30(27-21)17-7-4-6-16(24)12-17/h2-4,6-7,9-10,12,18H,5,8,11,13-14H2,1H3,(H,25,31)/t18-/m1/s1. The predicted molar refractivity (Wildman–Crippen MR) is 119 cm³/mol. The third-order valence-corrected chi connectivity index (χ3v) is 5.67. The fourth-order valence-electron chi connectivity index (χ4n) is 4.10. The van der Waals surface area contributed by atoms with Crippen molar-refractivity contribution in [2.24, 2.45) is 0 Å². The Morgan fingerprint density at radius 3 is 2.79 bits per heavy atom. The van der Waals surface area contributed by atoms with E-state index in [9.17, 15) is 14.0 Å². The molecule has 0 spiro atoms. The minimum atomic E-state index is -0.450. The maximum absolute atomic E-state index is 14.0. The van der Waals surface area contributed by atoms with E-state index >= 15 is 0 Å². The van der Waals surface area contributed by atoms with E-state index < -0.39 is 11.4 Å². The van der Waals surface area contributed by atoms with Gasteiger partial charge in [-0.25, -0.2) is 13.8 Å². The van der Waals surface area contributed by atoms with Gasteiger partial charge in [-0.15, -0.1) is 0 Å². The first-order valence-corrected chi connectivity index (χ1v) is 10.8. The number of benzene rings is 1. The Bertz CT molecular complexity index is 1370. The van der Waals surface area contributed by atoms with Crippen LogP contribution in [0.2, 0.25) is 0 Å². The maximum atomic E-state index is 14.0. The van der Waals surface area contributed by atoms with Gasteiger partial charge < -0.3 is 14.6 Å². The van der Waals surface area contributed by atoms with Crippen molar-refractivity contribution in [2.75, 3.05) is 13.2 Å². The van der Waals surface area contributed by atoms with Crippen LogP contribution >= 0.6 is 0 Å². The number of halogens is 1. The van der Waals surface area contributed by atoms with Gasteiger partial charge in [-0.3, -0.25) is 9.59 Å². The number of rotatable bonds is 6. The highest BCUT2D eigenvalue weighted by atomic mass is 19.1. The van der Waals surface area contributed by atoms with E-state index in [1.165, 1.54) is 16.8 Å². The van der Waals surface area contributed by atoms with E-state index in [0.717, 1.165) is 17.5 Å². The van der Waals surface area contributed by atoms with Gasteiger partial charge in [0.1, 0.15) is 23.3 Å². The summed E-state index contributed by atoms with van der Waals surface area (Å²) in [5, 5.41) is 12.0. The molecule has 5 rings (SSSR count). The number of ether oxygens (including phenoxy) is 1. The Morgan fingerprint density at radius 1 is 1.24 bits per heavy atom. The van der Waals surface area contributed by atoms with Gasteiger partial charge in [-0.05, 0) is 50.1 Å². The van der Waals surface area contributed by atoms with Crippen molar-refractivity contribution in [3.8, 4) is 11.5 Å². The van der Waals surface area contributed by atoms with Gasteiger partial charge in [-0.1, -0.05) is 6.07 Å². The van der Waals surface area contributed by atoms with Gasteiger partial charge in [0.2, 0.25) is 5.91 Å². The third-order valence-electron chi connectivity index (χ3n) is 5.67. The number of aryl methyl sites for hydroxylation is 1. The quantitative estimate of drug-likeness (QED) is 0.486. The fourth-order valence-corrected chi connectivity index (χ4v) is 4.10. The van der Waals surface area contributed by atoms with Gasteiger partial charge in [0, 0.05) is 25.5 Å². The molecule has 1 N–H and O–H groups in total. The van der Waals surface area contributed by atoms with E-state index in [4.69, 9.17) is 4.74 Å². The molecule has 4 heterocycles. The minimum absolute atomic E-state index is 0.00712. The molecule has 1 aromatic carbocycles. The highest BCUT2D eigenvalue weighted by Gasteiger charge is 2.23. The second-order valence-electron chi connectivity index (χ2n) is 8.02. The van der Waals surface area contributed by atoms with Crippen molar-refractivity contribution in [1.29, 1.82) is 0 Å². The van der Waals surface area contributed by atoms with Crippen LogP contribution in [0.4, 0.5) is 4.39 Å². The van der Waals surface area contributed by atoms with Gasteiger partial charge in [0.05, 0.1) is 17.5 Å². The smallest absolute Gasteiger partial charge is 0.280 e. The van der Waals surface area contributed by atoms with E-state index in [2.05, 4.69) is 15.5 Å². The summed E-state index contributed by atoms with van der Waals surface area (Å²) in [5.74, 6) is -0.288. The van der Waals surface area contributed by atoms with Crippen LogP contribution in [0.3, 0.4) is 0 Å². The molecule has 33 heavy (non-hydrogen) atoms. The average Bonchev–Trinajstić information content (AvgIpc) is 3.56. The molecule has 1 fully saturated rings. The molecule has 1 aliphatic heterocycles. The van der Waals surface area contributed by atoms with Crippen molar-refractivity contribution >= 4 is 16.8 Å². The number of amides is 1. The molecule has 0 saturated carbocycles. The van der Waals surface area contributed by atoms with E-state index in [1.807, 2.05) is 12.1 Å². The number of hydrogen-bond donors (Lipinski definition) is 1. The number of nitrogens with one attached hydrogen (secondary N) is 1. The Kier molecular flexibility index (Phi) is 5.51. The maximum Gasteiger partial charge on any atom is 0.280 e. The van der Waals surface area contributed by atoms with Crippen LogP contribution in [0.5, 0.6) is 0 Å². The van der Waals surface area contributed by atoms with Crippen molar-refractivity contribution in [3.63, 3.8) is 0 Å². The summed E-state index contributed by atoms with van der Waals surface area (Å²) < 4.78 is 23.9. The molecule has 4 aromatic rings. The van der Waals surface area contributed by atoms with Gasteiger partial charge >= 0.3 is 0 Å². The van der Waals surface area contributed by atoms with Crippen molar-refractivity contribution < 1.29 is 13.9 Å². The Balaban J connectivity index is 1.58.